The van der Waals surface area contributed by atoms with Crippen molar-refractivity contribution >= 4 is 28.3 Å². The molecular weight excluding hydrogens is 419 g/mol. The molecule has 0 aliphatic carbocycles. The van der Waals surface area contributed by atoms with E-state index in [-0.39, 0.29) is 24.2 Å². The normalized spacial score (nSPS) is 14.6. The second-order valence-corrected chi connectivity index (χ2v) is 8.57. The second kappa shape index (κ2) is 10.6. The summed E-state index contributed by atoms with van der Waals surface area (Å²) in [6.07, 6.45) is 0. The molecule has 1 N–H and O–H groups in total. The Labute approximate surface area is 193 Å². The number of hydrogen-bond acceptors (Lipinski definition) is 4. The Balaban J connectivity index is 1.21. The third-order valence-electron chi connectivity index (χ3n) is 5.87. The zero-order valence-electron chi connectivity index (χ0n) is 18.8. The van der Waals surface area contributed by atoms with Gasteiger partial charge in [0.25, 0.3) is 0 Å². The van der Waals surface area contributed by atoms with Gasteiger partial charge in [0.2, 0.25) is 11.8 Å². The number of rotatable bonds is 7. The number of likely N-dealkylation sites (N-methyl/N-ethyl adjacent to an activating group) is 1. The van der Waals surface area contributed by atoms with Crippen LogP contribution in [0.4, 0.5) is 10.1 Å². The molecule has 6 nitrogen and oxygen atoms in total. The van der Waals surface area contributed by atoms with Gasteiger partial charge >= 0.3 is 0 Å². The molecule has 4 rings (SSSR count). The van der Waals surface area contributed by atoms with Crippen LogP contribution in [0.1, 0.15) is 5.56 Å². The fourth-order valence-corrected chi connectivity index (χ4v) is 4.16. The number of anilines is 1. The van der Waals surface area contributed by atoms with E-state index in [9.17, 15) is 14.0 Å². The number of hydrogen-bond donors (Lipinski definition) is 1. The van der Waals surface area contributed by atoms with Crippen molar-refractivity contribution in [3.05, 3.63) is 78.1 Å². The summed E-state index contributed by atoms with van der Waals surface area (Å²) in [5.74, 6) is -0.469. The number of carbonyl (C=O) groups is 2. The van der Waals surface area contributed by atoms with Gasteiger partial charge in [-0.1, -0.05) is 42.5 Å². The highest BCUT2D eigenvalue weighted by atomic mass is 19.1. The first-order valence-electron chi connectivity index (χ1n) is 11.2. The first-order chi connectivity index (χ1) is 16.0. The Kier molecular flexibility index (Phi) is 7.32. The van der Waals surface area contributed by atoms with Gasteiger partial charge in [0.15, 0.2) is 0 Å². The predicted molar refractivity (Wildman–Crippen MR) is 128 cm³/mol. The molecule has 1 aliphatic heterocycles. The molecule has 0 unspecified atom stereocenters. The summed E-state index contributed by atoms with van der Waals surface area (Å²) in [5.41, 5.74) is 1.63. The van der Waals surface area contributed by atoms with Crippen molar-refractivity contribution in [3.8, 4) is 0 Å². The molecule has 1 aliphatic rings. The van der Waals surface area contributed by atoms with Gasteiger partial charge in [-0.25, -0.2) is 4.39 Å². The molecule has 33 heavy (non-hydrogen) atoms. The van der Waals surface area contributed by atoms with Crippen molar-refractivity contribution < 1.29 is 14.0 Å². The lowest BCUT2D eigenvalue weighted by molar-refractivity contribution is -0.134. The van der Waals surface area contributed by atoms with Crippen molar-refractivity contribution in [2.45, 2.75) is 6.54 Å². The maximum absolute atomic E-state index is 13.3. The zero-order chi connectivity index (χ0) is 23.2. The highest BCUT2D eigenvalue weighted by Crippen LogP contribution is 2.17. The van der Waals surface area contributed by atoms with Crippen LogP contribution in [0.25, 0.3) is 10.8 Å². The highest BCUT2D eigenvalue weighted by Gasteiger charge is 2.23. The van der Waals surface area contributed by atoms with Gasteiger partial charge in [0.1, 0.15) is 5.82 Å². The molecule has 3 aromatic rings. The maximum atomic E-state index is 13.3. The molecule has 0 saturated carbocycles. The van der Waals surface area contributed by atoms with Crippen LogP contribution in [-0.4, -0.2) is 72.8 Å². The standard InChI is InChI=1S/C26H29FN4O2/c1-29(17-20-9-10-21-5-2-3-6-22(21)15-20)19-26(33)31-13-11-30(12-14-31)18-25(32)28-24-8-4-7-23(27)16-24/h2-10,15-16H,11-14,17-19H2,1H3,(H,28,32). The molecule has 3 aromatic carbocycles. The molecule has 0 spiro atoms. The molecule has 1 saturated heterocycles. The summed E-state index contributed by atoms with van der Waals surface area (Å²) >= 11 is 0. The van der Waals surface area contributed by atoms with Crippen molar-refractivity contribution in [1.82, 2.24) is 14.7 Å². The first-order valence-corrected chi connectivity index (χ1v) is 11.2. The summed E-state index contributed by atoms with van der Waals surface area (Å²) in [6.45, 7) is 3.74. The van der Waals surface area contributed by atoms with Crippen LogP contribution in [0.15, 0.2) is 66.7 Å². The SMILES string of the molecule is CN(CC(=O)N1CCN(CC(=O)Nc2cccc(F)c2)CC1)Cc1ccc2ccccc2c1. The van der Waals surface area contributed by atoms with Gasteiger partial charge in [-0.3, -0.25) is 19.4 Å². The summed E-state index contributed by atoms with van der Waals surface area (Å²) in [4.78, 5) is 30.9. The topological polar surface area (TPSA) is 55.9 Å². The Bertz CT molecular complexity index is 1130. The Morgan fingerprint density at radius 1 is 0.939 bits per heavy atom. The molecule has 1 heterocycles. The Morgan fingerprint density at radius 3 is 2.45 bits per heavy atom. The zero-order valence-corrected chi connectivity index (χ0v) is 18.8. The number of nitrogens with one attached hydrogen (secondary N) is 1. The van der Waals surface area contributed by atoms with Crippen molar-refractivity contribution in [3.63, 3.8) is 0 Å². The predicted octanol–water partition coefficient (Wildman–Crippen LogP) is 3.19. The van der Waals surface area contributed by atoms with Crippen molar-refractivity contribution in [2.24, 2.45) is 0 Å². The molecule has 7 heteroatoms. The molecule has 2 amide bonds. The lowest BCUT2D eigenvalue weighted by atomic mass is 10.1. The van der Waals surface area contributed by atoms with Crippen LogP contribution in [0.3, 0.4) is 0 Å². The summed E-state index contributed by atoms with van der Waals surface area (Å²) in [7, 11) is 1.96. The van der Waals surface area contributed by atoms with E-state index in [2.05, 4.69) is 35.6 Å². The van der Waals surface area contributed by atoms with E-state index >= 15 is 0 Å². The minimum absolute atomic E-state index is 0.0992. The summed E-state index contributed by atoms with van der Waals surface area (Å²) in [5, 5.41) is 5.13. The lowest BCUT2D eigenvalue weighted by Gasteiger charge is -2.35. The van der Waals surface area contributed by atoms with Crippen LogP contribution in [0.5, 0.6) is 0 Å². The number of piperazine rings is 1. The average Bonchev–Trinajstić information content (AvgIpc) is 2.79. The fourth-order valence-electron chi connectivity index (χ4n) is 4.16. The Hall–Kier alpha value is -3.29. The molecular formula is C26H29FN4O2. The van der Waals surface area contributed by atoms with E-state index in [4.69, 9.17) is 0 Å². The maximum Gasteiger partial charge on any atom is 0.238 e. The van der Waals surface area contributed by atoms with Crippen molar-refractivity contribution in [1.29, 1.82) is 0 Å². The van der Waals surface area contributed by atoms with Gasteiger partial charge in [-0.2, -0.15) is 0 Å². The quantitative estimate of drug-likeness (QED) is 0.603. The molecule has 0 aromatic heterocycles. The van der Waals surface area contributed by atoms with E-state index < -0.39 is 0 Å². The van der Waals surface area contributed by atoms with Crippen molar-refractivity contribution in [2.75, 3.05) is 51.6 Å². The molecule has 0 atom stereocenters. The number of carbonyl (C=O) groups excluding carboxylic acids is 2. The third-order valence-corrected chi connectivity index (χ3v) is 5.87. The number of benzene rings is 3. The molecule has 172 valence electrons. The van der Waals surface area contributed by atoms with Gasteiger partial charge in [0.05, 0.1) is 13.1 Å². The number of amides is 2. The average molecular weight is 449 g/mol. The number of halogens is 1. The summed E-state index contributed by atoms with van der Waals surface area (Å²) < 4.78 is 13.3. The lowest BCUT2D eigenvalue weighted by Crippen LogP contribution is -2.52. The number of fused-ring (bicyclic) bond motifs is 1. The van der Waals surface area contributed by atoms with Gasteiger partial charge in [-0.15, -0.1) is 0 Å². The largest absolute Gasteiger partial charge is 0.339 e. The van der Waals surface area contributed by atoms with E-state index in [1.807, 2.05) is 33.9 Å². The monoisotopic (exact) mass is 448 g/mol. The van der Waals surface area contributed by atoms with Gasteiger partial charge < -0.3 is 10.2 Å². The van der Waals surface area contributed by atoms with Crippen LogP contribution in [0.2, 0.25) is 0 Å². The molecule has 0 radical (unpaired) electrons. The summed E-state index contributed by atoms with van der Waals surface area (Å²) in [6, 6.07) is 20.5. The van der Waals surface area contributed by atoms with Crippen LogP contribution in [0, 0.1) is 5.82 Å². The number of nitrogens with zero attached hydrogens (tertiary/aromatic N) is 3. The second-order valence-electron chi connectivity index (χ2n) is 8.57. The molecule has 0 bridgehead atoms. The smallest absolute Gasteiger partial charge is 0.238 e. The van der Waals surface area contributed by atoms with Gasteiger partial charge in [-0.05, 0) is 47.6 Å². The van der Waals surface area contributed by atoms with E-state index in [0.29, 0.717) is 45.0 Å². The minimum Gasteiger partial charge on any atom is -0.339 e. The van der Waals surface area contributed by atoms with E-state index in [1.54, 1.807) is 12.1 Å². The fraction of sp³-hybridized carbons (Fsp3) is 0.308. The van der Waals surface area contributed by atoms with Crippen LogP contribution in [-0.2, 0) is 16.1 Å². The highest BCUT2D eigenvalue weighted by molar-refractivity contribution is 5.92. The Morgan fingerprint density at radius 2 is 1.70 bits per heavy atom. The first kappa shape index (κ1) is 22.9. The van der Waals surface area contributed by atoms with Crippen LogP contribution < -0.4 is 5.32 Å². The van der Waals surface area contributed by atoms with E-state index in [0.717, 1.165) is 0 Å². The van der Waals surface area contributed by atoms with Crippen LogP contribution >= 0.6 is 0 Å². The van der Waals surface area contributed by atoms with E-state index in [1.165, 1.54) is 28.5 Å². The van der Waals surface area contributed by atoms with Gasteiger partial charge in [0, 0.05) is 38.4 Å². The third kappa shape index (κ3) is 6.37. The molecule has 1 fully saturated rings. The minimum atomic E-state index is -0.384.